The molecule has 1 aromatic carbocycles. The Labute approximate surface area is 115 Å². The van der Waals surface area contributed by atoms with Gasteiger partial charge in [-0.15, -0.1) is 0 Å². The van der Waals surface area contributed by atoms with Crippen molar-refractivity contribution >= 4 is 17.3 Å². The summed E-state index contributed by atoms with van der Waals surface area (Å²) in [5, 5.41) is 0. The van der Waals surface area contributed by atoms with Gasteiger partial charge in [0.15, 0.2) is 0 Å². The predicted molar refractivity (Wildman–Crippen MR) is 80.4 cm³/mol. The summed E-state index contributed by atoms with van der Waals surface area (Å²) in [7, 11) is 4.04. The zero-order valence-corrected chi connectivity index (χ0v) is 12.0. The third-order valence-corrected chi connectivity index (χ3v) is 2.96. The van der Waals surface area contributed by atoms with E-state index in [1.807, 2.05) is 14.1 Å². The molecule has 1 amide bonds. The number of hydrogen-bond acceptors (Lipinski definition) is 4. The third kappa shape index (κ3) is 4.13. The molecule has 5 heteroatoms. The Morgan fingerprint density at radius 3 is 2.42 bits per heavy atom. The van der Waals surface area contributed by atoms with Crippen molar-refractivity contribution in [2.24, 2.45) is 5.73 Å². The number of rotatable bonds is 7. The van der Waals surface area contributed by atoms with Crippen molar-refractivity contribution in [3.8, 4) is 0 Å². The molecule has 0 saturated carbocycles. The monoisotopic (exact) mass is 264 g/mol. The van der Waals surface area contributed by atoms with Crippen molar-refractivity contribution in [3.63, 3.8) is 0 Å². The van der Waals surface area contributed by atoms with Crippen LogP contribution in [0.1, 0.15) is 23.7 Å². The molecule has 106 valence electrons. The second kappa shape index (κ2) is 6.99. The number of anilines is 2. The molecule has 0 aliphatic carbocycles. The molecule has 4 N–H and O–H groups in total. The fraction of sp³-hybridized carbons (Fsp3) is 0.500. The Hall–Kier alpha value is -1.75. The average Bonchev–Trinajstić information content (AvgIpc) is 2.34. The van der Waals surface area contributed by atoms with Crippen LogP contribution >= 0.6 is 0 Å². The molecule has 0 aromatic heterocycles. The molecule has 0 bridgehead atoms. The molecule has 0 spiro atoms. The van der Waals surface area contributed by atoms with Crippen molar-refractivity contribution in [2.75, 3.05) is 44.4 Å². The van der Waals surface area contributed by atoms with Crippen LogP contribution in [0, 0.1) is 0 Å². The highest BCUT2D eigenvalue weighted by atomic mass is 16.1. The van der Waals surface area contributed by atoms with Crippen LogP contribution in [0.3, 0.4) is 0 Å². The van der Waals surface area contributed by atoms with Gasteiger partial charge in [-0.1, -0.05) is 13.0 Å². The van der Waals surface area contributed by atoms with Gasteiger partial charge in [-0.05, 0) is 32.6 Å². The van der Waals surface area contributed by atoms with Crippen LogP contribution in [-0.2, 0) is 0 Å². The van der Waals surface area contributed by atoms with Crippen molar-refractivity contribution in [1.82, 2.24) is 4.90 Å². The summed E-state index contributed by atoms with van der Waals surface area (Å²) < 4.78 is 0. The molecule has 0 saturated heterocycles. The van der Waals surface area contributed by atoms with Crippen LogP contribution in [0.4, 0.5) is 11.4 Å². The SMILES string of the molecule is CCCN(CCN(C)C)c1c(N)cccc1C(N)=O. The van der Waals surface area contributed by atoms with Gasteiger partial charge in [-0.2, -0.15) is 0 Å². The Morgan fingerprint density at radius 2 is 1.89 bits per heavy atom. The summed E-state index contributed by atoms with van der Waals surface area (Å²) in [5.74, 6) is -0.437. The summed E-state index contributed by atoms with van der Waals surface area (Å²) in [6.07, 6.45) is 0.986. The van der Waals surface area contributed by atoms with E-state index in [0.717, 1.165) is 31.7 Å². The molecular formula is C14H24N4O. The fourth-order valence-corrected chi connectivity index (χ4v) is 2.04. The molecule has 0 heterocycles. The molecule has 0 aliphatic rings. The lowest BCUT2D eigenvalue weighted by molar-refractivity contribution is 0.100. The number of carbonyl (C=O) groups is 1. The summed E-state index contributed by atoms with van der Waals surface area (Å²) in [5.41, 5.74) is 13.3. The zero-order valence-electron chi connectivity index (χ0n) is 12.0. The van der Waals surface area contributed by atoms with E-state index in [1.54, 1.807) is 18.2 Å². The highest BCUT2D eigenvalue weighted by molar-refractivity contribution is 6.01. The molecule has 5 nitrogen and oxygen atoms in total. The first kappa shape index (κ1) is 15.3. The highest BCUT2D eigenvalue weighted by Crippen LogP contribution is 2.27. The average molecular weight is 264 g/mol. The summed E-state index contributed by atoms with van der Waals surface area (Å²) in [6.45, 7) is 4.66. The maximum Gasteiger partial charge on any atom is 0.250 e. The molecule has 1 rings (SSSR count). The first-order valence-corrected chi connectivity index (χ1v) is 6.55. The quantitative estimate of drug-likeness (QED) is 0.724. The summed E-state index contributed by atoms with van der Waals surface area (Å²) in [4.78, 5) is 15.8. The van der Waals surface area contributed by atoms with Gasteiger partial charge in [0.2, 0.25) is 0 Å². The van der Waals surface area contributed by atoms with Gasteiger partial charge in [0, 0.05) is 19.6 Å². The number of nitrogen functional groups attached to an aromatic ring is 1. The van der Waals surface area contributed by atoms with Crippen LogP contribution < -0.4 is 16.4 Å². The number of para-hydroxylation sites is 1. The van der Waals surface area contributed by atoms with Gasteiger partial charge in [0.25, 0.3) is 5.91 Å². The lowest BCUT2D eigenvalue weighted by atomic mass is 10.1. The van der Waals surface area contributed by atoms with Crippen LogP contribution in [-0.4, -0.2) is 44.5 Å². The van der Waals surface area contributed by atoms with E-state index in [4.69, 9.17) is 11.5 Å². The molecule has 0 unspecified atom stereocenters. The summed E-state index contributed by atoms with van der Waals surface area (Å²) >= 11 is 0. The van der Waals surface area contributed by atoms with Gasteiger partial charge >= 0.3 is 0 Å². The van der Waals surface area contributed by atoms with Gasteiger partial charge in [-0.25, -0.2) is 0 Å². The van der Waals surface area contributed by atoms with E-state index >= 15 is 0 Å². The van der Waals surface area contributed by atoms with E-state index in [1.165, 1.54) is 0 Å². The number of amides is 1. The van der Waals surface area contributed by atoms with Crippen molar-refractivity contribution in [2.45, 2.75) is 13.3 Å². The maximum atomic E-state index is 11.6. The van der Waals surface area contributed by atoms with Crippen LogP contribution in [0.2, 0.25) is 0 Å². The lowest BCUT2D eigenvalue weighted by Gasteiger charge is -2.28. The number of likely N-dealkylation sites (N-methyl/N-ethyl adjacent to an activating group) is 1. The minimum Gasteiger partial charge on any atom is -0.397 e. The second-order valence-electron chi connectivity index (χ2n) is 4.90. The van der Waals surface area contributed by atoms with Gasteiger partial charge < -0.3 is 21.3 Å². The van der Waals surface area contributed by atoms with Gasteiger partial charge in [0.1, 0.15) is 0 Å². The van der Waals surface area contributed by atoms with Crippen LogP contribution in [0.15, 0.2) is 18.2 Å². The lowest BCUT2D eigenvalue weighted by Crippen LogP contribution is -2.34. The third-order valence-electron chi connectivity index (χ3n) is 2.96. The number of hydrogen-bond donors (Lipinski definition) is 2. The summed E-state index contributed by atoms with van der Waals surface area (Å²) in [6, 6.07) is 5.29. The minimum atomic E-state index is -0.437. The molecule has 1 aromatic rings. The van der Waals surface area contributed by atoms with Crippen molar-refractivity contribution < 1.29 is 4.79 Å². The largest absolute Gasteiger partial charge is 0.397 e. The highest BCUT2D eigenvalue weighted by Gasteiger charge is 2.17. The second-order valence-corrected chi connectivity index (χ2v) is 4.90. The van der Waals surface area contributed by atoms with Crippen molar-refractivity contribution in [1.29, 1.82) is 0 Å². The number of carbonyl (C=O) groups excluding carboxylic acids is 1. The Balaban J connectivity index is 3.09. The van der Waals surface area contributed by atoms with Gasteiger partial charge in [0.05, 0.1) is 16.9 Å². The molecule has 0 fully saturated rings. The van der Waals surface area contributed by atoms with Crippen LogP contribution in [0.25, 0.3) is 0 Å². The zero-order chi connectivity index (χ0) is 14.4. The Kier molecular flexibility index (Phi) is 5.63. The Morgan fingerprint density at radius 1 is 1.21 bits per heavy atom. The van der Waals surface area contributed by atoms with E-state index < -0.39 is 5.91 Å². The molecular weight excluding hydrogens is 240 g/mol. The number of nitrogens with two attached hydrogens (primary N) is 2. The van der Waals surface area contributed by atoms with Crippen LogP contribution in [0.5, 0.6) is 0 Å². The van der Waals surface area contributed by atoms with E-state index in [2.05, 4.69) is 16.7 Å². The number of nitrogens with zero attached hydrogens (tertiary/aromatic N) is 2. The van der Waals surface area contributed by atoms with Gasteiger partial charge in [-0.3, -0.25) is 4.79 Å². The first-order chi connectivity index (χ1) is 8.97. The molecule has 0 aliphatic heterocycles. The van der Waals surface area contributed by atoms with E-state index in [0.29, 0.717) is 11.3 Å². The topological polar surface area (TPSA) is 75.6 Å². The standard InChI is InChI=1S/C14H24N4O/c1-4-8-18(10-9-17(2)3)13-11(14(16)19)6-5-7-12(13)15/h5-7H,4,8-10,15H2,1-3H3,(H2,16,19). The first-order valence-electron chi connectivity index (χ1n) is 6.55. The molecule has 0 atom stereocenters. The fourth-order valence-electron chi connectivity index (χ4n) is 2.04. The van der Waals surface area contributed by atoms with E-state index in [9.17, 15) is 4.79 Å². The Bertz CT molecular complexity index is 431. The van der Waals surface area contributed by atoms with E-state index in [-0.39, 0.29) is 0 Å². The molecule has 19 heavy (non-hydrogen) atoms. The maximum absolute atomic E-state index is 11.6. The molecule has 0 radical (unpaired) electrons. The smallest absolute Gasteiger partial charge is 0.250 e. The predicted octanol–water partition coefficient (Wildman–Crippen LogP) is 1.15. The number of benzene rings is 1. The number of primary amides is 1. The van der Waals surface area contributed by atoms with Crippen molar-refractivity contribution in [3.05, 3.63) is 23.8 Å². The normalized spacial score (nSPS) is 10.7. The minimum absolute atomic E-state index is 0.437.